The number of carbonyl (C=O) groups is 1. The average molecular weight is 300 g/mol. The standard InChI is InChI=1S/C10H6Cl4O2/c11-5-1-2-6(7(12)3-5)9(8(15)16)4-10(9,13)14/h1-3H,4H2,(H,15,16). The lowest BCUT2D eigenvalue weighted by atomic mass is 9.96. The zero-order chi connectivity index (χ0) is 12.1. The smallest absolute Gasteiger partial charge is 0.317 e. The van der Waals surface area contributed by atoms with Crippen LogP contribution in [0.5, 0.6) is 0 Å². The fourth-order valence-electron chi connectivity index (χ4n) is 1.76. The Morgan fingerprint density at radius 2 is 1.88 bits per heavy atom. The molecule has 0 bridgehead atoms. The first-order valence-corrected chi connectivity index (χ1v) is 5.89. The third-order valence-corrected chi connectivity index (χ3v) is 4.20. The zero-order valence-corrected chi connectivity index (χ0v) is 10.8. The lowest BCUT2D eigenvalue weighted by Gasteiger charge is -2.15. The summed E-state index contributed by atoms with van der Waals surface area (Å²) in [7, 11) is 0. The number of halogens is 4. The van der Waals surface area contributed by atoms with E-state index in [4.69, 9.17) is 46.4 Å². The molecule has 0 aliphatic heterocycles. The van der Waals surface area contributed by atoms with Crippen molar-refractivity contribution in [2.75, 3.05) is 0 Å². The van der Waals surface area contributed by atoms with Crippen LogP contribution < -0.4 is 0 Å². The molecule has 1 aliphatic carbocycles. The molecule has 2 nitrogen and oxygen atoms in total. The molecule has 1 saturated carbocycles. The predicted molar refractivity (Wildman–Crippen MR) is 64.8 cm³/mol. The van der Waals surface area contributed by atoms with Crippen LogP contribution in [0.25, 0.3) is 0 Å². The molecule has 0 spiro atoms. The van der Waals surface area contributed by atoms with Gasteiger partial charge in [0.05, 0.1) is 0 Å². The molecular weight excluding hydrogens is 294 g/mol. The van der Waals surface area contributed by atoms with Gasteiger partial charge in [0.25, 0.3) is 0 Å². The lowest BCUT2D eigenvalue weighted by Crippen LogP contribution is -2.26. The monoisotopic (exact) mass is 298 g/mol. The molecule has 0 aromatic heterocycles. The van der Waals surface area contributed by atoms with Crippen LogP contribution in [0.3, 0.4) is 0 Å². The third kappa shape index (κ3) is 1.60. The maximum Gasteiger partial charge on any atom is 0.317 e. The molecule has 1 N–H and O–H groups in total. The van der Waals surface area contributed by atoms with Crippen LogP contribution >= 0.6 is 46.4 Å². The van der Waals surface area contributed by atoms with Crippen LogP contribution in [0.4, 0.5) is 0 Å². The quantitative estimate of drug-likeness (QED) is 0.841. The maximum atomic E-state index is 11.3. The van der Waals surface area contributed by atoms with E-state index in [0.717, 1.165) is 0 Å². The number of hydrogen-bond acceptors (Lipinski definition) is 1. The van der Waals surface area contributed by atoms with E-state index < -0.39 is 15.7 Å². The second kappa shape index (κ2) is 3.67. The second-order valence-electron chi connectivity index (χ2n) is 3.72. The van der Waals surface area contributed by atoms with Crippen LogP contribution in [0.1, 0.15) is 12.0 Å². The van der Waals surface area contributed by atoms with E-state index in [-0.39, 0.29) is 11.4 Å². The minimum atomic E-state index is -1.32. The van der Waals surface area contributed by atoms with E-state index >= 15 is 0 Å². The molecule has 0 heterocycles. The number of carboxylic acid groups (broad SMARTS) is 1. The predicted octanol–water partition coefficient (Wildman–Crippen LogP) is 3.89. The number of hydrogen-bond donors (Lipinski definition) is 1. The van der Waals surface area contributed by atoms with Gasteiger partial charge in [-0.25, -0.2) is 0 Å². The van der Waals surface area contributed by atoms with Gasteiger partial charge in [-0.1, -0.05) is 52.5 Å². The Balaban J connectivity index is 2.56. The molecule has 1 atom stereocenters. The molecule has 86 valence electrons. The molecule has 0 radical (unpaired) electrons. The molecule has 6 heteroatoms. The Hall–Kier alpha value is -0.150. The maximum absolute atomic E-state index is 11.3. The van der Waals surface area contributed by atoms with Crippen LogP contribution in [0, 0.1) is 0 Å². The van der Waals surface area contributed by atoms with Gasteiger partial charge in [-0.15, -0.1) is 0 Å². The molecular formula is C10H6Cl4O2. The van der Waals surface area contributed by atoms with Crippen molar-refractivity contribution < 1.29 is 9.90 Å². The van der Waals surface area contributed by atoms with Crippen molar-refractivity contribution in [2.45, 2.75) is 16.2 Å². The van der Waals surface area contributed by atoms with E-state index in [2.05, 4.69) is 0 Å². The summed E-state index contributed by atoms with van der Waals surface area (Å²) >= 11 is 23.5. The number of benzene rings is 1. The van der Waals surface area contributed by atoms with E-state index in [1.165, 1.54) is 6.07 Å². The SMILES string of the molecule is O=C(O)C1(c2ccc(Cl)cc2Cl)CC1(Cl)Cl. The number of rotatable bonds is 2. The minimum Gasteiger partial charge on any atom is -0.480 e. The summed E-state index contributed by atoms with van der Waals surface area (Å²) in [5.74, 6) is -1.08. The first-order chi connectivity index (χ1) is 7.31. The molecule has 1 aromatic rings. The fourth-order valence-corrected chi connectivity index (χ4v) is 3.10. The number of alkyl halides is 2. The van der Waals surface area contributed by atoms with Crippen LogP contribution in [0.2, 0.25) is 10.0 Å². The van der Waals surface area contributed by atoms with Gasteiger partial charge in [0.2, 0.25) is 0 Å². The molecule has 0 saturated heterocycles. The summed E-state index contributed by atoms with van der Waals surface area (Å²) in [5, 5.41) is 9.92. The summed E-state index contributed by atoms with van der Waals surface area (Å²) in [6.07, 6.45) is 0.139. The van der Waals surface area contributed by atoms with Crippen LogP contribution in [0.15, 0.2) is 18.2 Å². The Bertz CT molecular complexity index is 472. The largest absolute Gasteiger partial charge is 0.480 e. The summed E-state index contributed by atoms with van der Waals surface area (Å²) < 4.78 is -1.31. The van der Waals surface area contributed by atoms with Gasteiger partial charge in [0, 0.05) is 16.5 Å². The van der Waals surface area contributed by atoms with Crippen molar-refractivity contribution >= 4 is 52.4 Å². The van der Waals surface area contributed by atoms with Crippen LogP contribution in [-0.2, 0) is 10.2 Å². The topological polar surface area (TPSA) is 37.3 Å². The minimum absolute atomic E-state index is 0.139. The number of carboxylic acids is 1. The summed E-state index contributed by atoms with van der Waals surface area (Å²) in [6.45, 7) is 0. The van der Waals surface area contributed by atoms with Gasteiger partial charge in [-0.2, -0.15) is 0 Å². The van der Waals surface area contributed by atoms with Gasteiger partial charge in [0.15, 0.2) is 0 Å². The highest BCUT2D eigenvalue weighted by molar-refractivity contribution is 6.54. The van der Waals surface area contributed by atoms with E-state index in [0.29, 0.717) is 10.6 Å². The highest BCUT2D eigenvalue weighted by Gasteiger charge is 2.73. The van der Waals surface area contributed by atoms with Crippen molar-refractivity contribution in [3.8, 4) is 0 Å². The average Bonchev–Trinajstić information content (AvgIpc) is 2.70. The van der Waals surface area contributed by atoms with Crippen molar-refractivity contribution in [1.29, 1.82) is 0 Å². The molecule has 1 unspecified atom stereocenters. The normalized spacial score (nSPS) is 26.5. The first-order valence-electron chi connectivity index (χ1n) is 4.38. The summed E-state index contributed by atoms with van der Waals surface area (Å²) in [4.78, 5) is 11.3. The first kappa shape index (κ1) is 12.3. The highest BCUT2D eigenvalue weighted by atomic mass is 35.5. The lowest BCUT2D eigenvalue weighted by molar-refractivity contribution is -0.140. The van der Waals surface area contributed by atoms with Gasteiger partial charge in [-0.3, -0.25) is 4.79 Å². The summed E-state index contributed by atoms with van der Waals surface area (Å²) in [5.41, 5.74) is -0.923. The van der Waals surface area contributed by atoms with Crippen molar-refractivity contribution in [3.05, 3.63) is 33.8 Å². The van der Waals surface area contributed by atoms with Gasteiger partial charge >= 0.3 is 5.97 Å². The molecule has 1 aromatic carbocycles. The Labute approximate surface area is 112 Å². The van der Waals surface area contributed by atoms with Gasteiger partial charge in [0.1, 0.15) is 9.75 Å². The van der Waals surface area contributed by atoms with Crippen molar-refractivity contribution in [2.24, 2.45) is 0 Å². The van der Waals surface area contributed by atoms with E-state index in [9.17, 15) is 9.90 Å². The Morgan fingerprint density at radius 1 is 1.31 bits per heavy atom. The second-order valence-corrected chi connectivity index (χ2v) is 6.04. The fraction of sp³-hybridized carbons (Fsp3) is 0.300. The van der Waals surface area contributed by atoms with E-state index in [1.807, 2.05) is 0 Å². The van der Waals surface area contributed by atoms with Crippen molar-refractivity contribution in [1.82, 2.24) is 0 Å². The molecule has 1 fully saturated rings. The molecule has 0 amide bonds. The van der Waals surface area contributed by atoms with Gasteiger partial charge in [-0.05, 0) is 17.7 Å². The van der Waals surface area contributed by atoms with Gasteiger partial charge < -0.3 is 5.11 Å². The number of aliphatic carboxylic acids is 1. The van der Waals surface area contributed by atoms with Crippen LogP contribution in [-0.4, -0.2) is 15.4 Å². The summed E-state index contributed by atoms with van der Waals surface area (Å²) in [6, 6.07) is 4.59. The molecule has 2 rings (SSSR count). The van der Waals surface area contributed by atoms with E-state index in [1.54, 1.807) is 12.1 Å². The Kier molecular flexibility index (Phi) is 2.83. The molecule has 16 heavy (non-hydrogen) atoms. The van der Waals surface area contributed by atoms with Crippen molar-refractivity contribution in [3.63, 3.8) is 0 Å². The third-order valence-electron chi connectivity index (χ3n) is 2.74. The highest BCUT2D eigenvalue weighted by Crippen LogP contribution is 2.66. The Morgan fingerprint density at radius 3 is 2.25 bits per heavy atom. The molecule has 1 aliphatic rings. The zero-order valence-electron chi connectivity index (χ0n) is 7.81.